The zero-order valence-electron chi connectivity index (χ0n) is 9.40. The van der Waals surface area contributed by atoms with Gasteiger partial charge in [-0.15, -0.1) is 0 Å². The highest BCUT2D eigenvalue weighted by Gasteiger charge is 2.13. The van der Waals surface area contributed by atoms with Gasteiger partial charge in [-0.25, -0.2) is 0 Å². The highest BCUT2D eigenvalue weighted by molar-refractivity contribution is 6.03. The maximum absolute atomic E-state index is 11.8. The minimum atomic E-state index is -0.407. The quantitative estimate of drug-likeness (QED) is 0.816. The number of anilines is 1. The lowest BCUT2D eigenvalue weighted by Crippen LogP contribution is -2.15. The second-order valence-corrected chi connectivity index (χ2v) is 3.62. The third kappa shape index (κ3) is 2.25. The highest BCUT2D eigenvalue weighted by Crippen LogP contribution is 2.17. The topological polar surface area (TPSA) is 88.0 Å². The molecule has 0 aromatic carbocycles. The number of pyridine rings is 1. The largest absolute Gasteiger partial charge is 0.338 e. The predicted molar refractivity (Wildman–Crippen MR) is 61.0 cm³/mol. The Kier molecular flexibility index (Phi) is 2.78. The van der Waals surface area contributed by atoms with E-state index in [2.05, 4.69) is 15.5 Å². The molecular weight excluding hydrogens is 222 g/mol. The Morgan fingerprint density at radius 3 is 2.82 bits per heavy atom. The van der Waals surface area contributed by atoms with Gasteiger partial charge in [-0.1, -0.05) is 5.16 Å². The fourth-order valence-electron chi connectivity index (χ4n) is 1.29. The van der Waals surface area contributed by atoms with Crippen molar-refractivity contribution in [3.05, 3.63) is 45.5 Å². The number of hydrogen-bond acceptors (Lipinski definition) is 4. The summed E-state index contributed by atoms with van der Waals surface area (Å²) in [5.41, 5.74) is 1.42. The molecule has 0 radical (unpaired) electrons. The van der Waals surface area contributed by atoms with Gasteiger partial charge in [-0.3, -0.25) is 14.9 Å². The fourth-order valence-corrected chi connectivity index (χ4v) is 1.29. The van der Waals surface area contributed by atoms with Crippen LogP contribution in [0.15, 0.2) is 27.6 Å². The van der Waals surface area contributed by atoms with Gasteiger partial charge in [0, 0.05) is 23.4 Å². The van der Waals surface area contributed by atoms with E-state index in [0.717, 1.165) is 5.56 Å². The summed E-state index contributed by atoms with van der Waals surface area (Å²) in [6, 6.07) is 2.73. The summed E-state index contributed by atoms with van der Waals surface area (Å²) in [6.07, 6.45) is 1.41. The van der Waals surface area contributed by atoms with E-state index in [9.17, 15) is 9.59 Å². The molecule has 1 amide bonds. The summed E-state index contributed by atoms with van der Waals surface area (Å²) in [7, 11) is 0. The van der Waals surface area contributed by atoms with Gasteiger partial charge in [-0.2, -0.15) is 0 Å². The van der Waals surface area contributed by atoms with Crippen molar-refractivity contribution in [2.24, 2.45) is 0 Å². The van der Waals surface area contributed by atoms with Crippen molar-refractivity contribution < 1.29 is 9.32 Å². The Hall–Kier alpha value is -2.37. The van der Waals surface area contributed by atoms with Crippen LogP contribution in [0.1, 0.15) is 21.6 Å². The van der Waals surface area contributed by atoms with Crippen molar-refractivity contribution in [2.75, 3.05) is 5.32 Å². The first-order chi connectivity index (χ1) is 8.08. The van der Waals surface area contributed by atoms with E-state index in [4.69, 9.17) is 4.52 Å². The van der Waals surface area contributed by atoms with Crippen LogP contribution in [0, 0.1) is 13.8 Å². The minimum Gasteiger partial charge on any atom is -0.338 e. The van der Waals surface area contributed by atoms with E-state index >= 15 is 0 Å². The molecule has 2 heterocycles. The Labute approximate surface area is 96.6 Å². The normalized spacial score (nSPS) is 10.2. The monoisotopic (exact) mass is 233 g/mol. The van der Waals surface area contributed by atoms with Crippen LogP contribution in [0.3, 0.4) is 0 Å². The molecule has 0 aliphatic carbocycles. The molecule has 0 saturated heterocycles. The first kappa shape index (κ1) is 11.1. The van der Waals surface area contributed by atoms with Crippen LogP contribution in [0.5, 0.6) is 0 Å². The summed E-state index contributed by atoms with van der Waals surface area (Å²) in [5, 5.41) is 6.28. The molecule has 2 aromatic rings. The molecular formula is C11H11N3O3. The molecule has 6 nitrogen and oxygen atoms in total. The van der Waals surface area contributed by atoms with Crippen LogP contribution in [0.25, 0.3) is 0 Å². The number of rotatable bonds is 2. The van der Waals surface area contributed by atoms with E-state index < -0.39 is 5.91 Å². The maximum atomic E-state index is 11.8. The van der Waals surface area contributed by atoms with Gasteiger partial charge < -0.3 is 9.51 Å². The SMILES string of the molecule is Cc1noc(NC(=O)c2cc[nH]c(=O)c2)c1C. The average Bonchev–Trinajstić information content (AvgIpc) is 2.61. The number of nitrogens with one attached hydrogen (secondary N) is 2. The van der Waals surface area contributed by atoms with Gasteiger partial charge in [0.1, 0.15) is 0 Å². The summed E-state index contributed by atoms with van der Waals surface area (Å²) < 4.78 is 4.95. The molecule has 6 heteroatoms. The molecule has 0 atom stereocenters. The van der Waals surface area contributed by atoms with Crippen LogP contribution < -0.4 is 10.9 Å². The number of nitrogens with zero attached hydrogens (tertiary/aromatic N) is 1. The lowest BCUT2D eigenvalue weighted by atomic mass is 10.2. The van der Waals surface area contributed by atoms with E-state index in [0.29, 0.717) is 11.6 Å². The summed E-state index contributed by atoms with van der Waals surface area (Å²) >= 11 is 0. The zero-order valence-corrected chi connectivity index (χ0v) is 9.40. The standard InChI is InChI=1S/C11H11N3O3/c1-6-7(2)14-17-11(6)13-10(16)8-3-4-12-9(15)5-8/h3-5H,1-2H3,(H,12,15)(H,13,16). The number of aromatic amines is 1. The number of hydrogen-bond donors (Lipinski definition) is 2. The summed E-state index contributed by atoms with van der Waals surface area (Å²) in [6.45, 7) is 3.57. The lowest BCUT2D eigenvalue weighted by Gasteiger charge is -2.01. The first-order valence-electron chi connectivity index (χ1n) is 5.01. The summed E-state index contributed by atoms with van der Waals surface area (Å²) in [4.78, 5) is 25.3. The molecule has 0 saturated carbocycles. The molecule has 0 aliphatic heterocycles. The molecule has 0 spiro atoms. The fraction of sp³-hybridized carbons (Fsp3) is 0.182. The number of carbonyl (C=O) groups is 1. The molecule has 0 unspecified atom stereocenters. The molecule has 88 valence electrons. The Balaban J connectivity index is 2.23. The number of aryl methyl sites for hydroxylation is 1. The highest BCUT2D eigenvalue weighted by atomic mass is 16.5. The van der Waals surface area contributed by atoms with E-state index in [1.807, 2.05) is 0 Å². The van der Waals surface area contributed by atoms with Gasteiger partial charge in [0.25, 0.3) is 5.91 Å². The van der Waals surface area contributed by atoms with Crippen LogP contribution in [0.2, 0.25) is 0 Å². The second kappa shape index (κ2) is 4.25. The number of aromatic nitrogens is 2. The van der Waals surface area contributed by atoms with Crippen LogP contribution in [-0.4, -0.2) is 16.0 Å². The smallest absolute Gasteiger partial charge is 0.258 e. The molecule has 0 fully saturated rings. The molecule has 2 aromatic heterocycles. The maximum Gasteiger partial charge on any atom is 0.258 e. The predicted octanol–water partition coefficient (Wildman–Crippen LogP) is 1.23. The Morgan fingerprint density at radius 2 is 2.24 bits per heavy atom. The Bertz CT molecular complexity index is 612. The van der Waals surface area contributed by atoms with Crippen LogP contribution in [0.4, 0.5) is 5.88 Å². The number of amides is 1. The Morgan fingerprint density at radius 1 is 1.47 bits per heavy atom. The van der Waals surface area contributed by atoms with Crippen molar-refractivity contribution in [3.63, 3.8) is 0 Å². The van der Waals surface area contributed by atoms with Crippen molar-refractivity contribution in [3.8, 4) is 0 Å². The lowest BCUT2D eigenvalue weighted by molar-refractivity contribution is 0.102. The number of carbonyl (C=O) groups excluding carboxylic acids is 1. The van der Waals surface area contributed by atoms with Gasteiger partial charge in [-0.05, 0) is 19.9 Å². The van der Waals surface area contributed by atoms with Crippen molar-refractivity contribution in [1.82, 2.24) is 10.1 Å². The van der Waals surface area contributed by atoms with E-state index in [1.54, 1.807) is 13.8 Å². The average molecular weight is 233 g/mol. The molecule has 2 rings (SSSR count). The van der Waals surface area contributed by atoms with Crippen molar-refractivity contribution >= 4 is 11.8 Å². The third-order valence-corrected chi connectivity index (χ3v) is 2.42. The third-order valence-electron chi connectivity index (χ3n) is 2.42. The van der Waals surface area contributed by atoms with E-state index in [1.165, 1.54) is 18.3 Å². The second-order valence-electron chi connectivity index (χ2n) is 3.62. The van der Waals surface area contributed by atoms with Gasteiger partial charge in [0.05, 0.1) is 5.69 Å². The van der Waals surface area contributed by atoms with Crippen molar-refractivity contribution in [1.29, 1.82) is 0 Å². The zero-order chi connectivity index (χ0) is 12.4. The molecule has 0 bridgehead atoms. The van der Waals surface area contributed by atoms with Gasteiger partial charge in [0.15, 0.2) is 0 Å². The molecule has 2 N–H and O–H groups in total. The summed E-state index contributed by atoms with van der Waals surface area (Å²) in [5.74, 6) is -0.108. The van der Waals surface area contributed by atoms with Gasteiger partial charge in [0.2, 0.25) is 11.4 Å². The van der Waals surface area contributed by atoms with Gasteiger partial charge >= 0.3 is 0 Å². The molecule has 0 aliphatic rings. The van der Waals surface area contributed by atoms with Crippen molar-refractivity contribution in [2.45, 2.75) is 13.8 Å². The molecule has 17 heavy (non-hydrogen) atoms. The van der Waals surface area contributed by atoms with Crippen LogP contribution in [-0.2, 0) is 0 Å². The minimum absolute atomic E-state index is 0.266. The first-order valence-corrected chi connectivity index (χ1v) is 5.01. The van der Waals surface area contributed by atoms with Crippen LogP contribution >= 0.6 is 0 Å². The van der Waals surface area contributed by atoms with E-state index in [-0.39, 0.29) is 11.1 Å². The number of H-pyrrole nitrogens is 1.